The number of aliphatic hydroxyl groups excluding tert-OH is 1. The van der Waals surface area contributed by atoms with Gasteiger partial charge in [0.1, 0.15) is 6.10 Å². The van der Waals surface area contributed by atoms with Gasteiger partial charge in [-0.15, -0.1) is 0 Å². The Labute approximate surface area is 85.1 Å². The number of rotatable bonds is 3. The van der Waals surface area contributed by atoms with Crippen LogP contribution in [-0.2, 0) is 0 Å². The molecule has 2 rings (SSSR count). The van der Waals surface area contributed by atoms with Gasteiger partial charge in [-0.05, 0) is 11.1 Å². The monoisotopic (exact) mass is 185 g/mol. The third-order valence-electron chi connectivity index (χ3n) is 2.20. The molecule has 0 aromatic heterocycles. The normalized spacial score (nSPS) is 11.4. The second-order valence-corrected chi connectivity index (χ2v) is 3.20. The van der Waals surface area contributed by atoms with E-state index in [1.165, 1.54) is 0 Å². The summed E-state index contributed by atoms with van der Waals surface area (Å²) in [7, 11) is 0. The highest BCUT2D eigenvalue weighted by Gasteiger charge is 2.07. The summed E-state index contributed by atoms with van der Waals surface area (Å²) in [6, 6.07) is 19.6. The van der Waals surface area contributed by atoms with Crippen LogP contribution in [0.5, 0.6) is 0 Å². The van der Waals surface area contributed by atoms with Gasteiger partial charge >= 0.3 is 0 Å². The molecule has 0 aliphatic heterocycles. The number of hydrogen-bond acceptors (Lipinski definition) is 1. The fraction of sp³-hybridized carbons (Fsp3) is 0.0769. The fourth-order valence-corrected chi connectivity index (χ4v) is 1.45. The lowest BCUT2D eigenvalue weighted by Gasteiger charge is -2.10. The molecule has 2 aromatic rings. The van der Waals surface area contributed by atoms with E-state index < -0.39 is 0 Å². The highest BCUT2D eigenvalue weighted by atomic mass is 16.3. The van der Waals surface area contributed by atoms with E-state index in [0.717, 1.165) is 11.1 Å². The van der Waals surface area contributed by atoms with Crippen molar-refractivity contribution in [2.45, 2.75) is 6.10 Å². The molecule has 0 bridgehead atoms. The maximum Gasteiger partial charge on any atom is 0.211 e. The average molecular weight is 185 g/mol. The summed E-state index contributed by atoms with van der Waals surface area (Å²) in [5, 5.41) is 4.77. The zero-order chi connectivity index (χ0) is 10.5. The third-order valence-corrected chi connectivity index (χ3v) is 2.20. The molecule has 0 radical (unpaired) electrons. The molecule has 14 heavy (non-hydrogen) atoms. The molecule has 0 spiro atoms. The topological polar surface area (TPSA) is 20.2 Å². The Balaban J connectivity index is 2.34. The van der Waals surface area contributed by atoms with E-state index in [1.807, 2.05) is 60.7 Å². The molecule has 0 heterocycles. The van der Waals surface area contributed by atoms with Gasteiger partial charge in [0.15, 0.2) is 0 Å². The first-order valence-electron chi connectivity index (χ1n) is 5.04. The minimum absolute atomic E-state index is 0.299. The maximum absolute atomic E-state index is 7.13. The van der Waals surface area contributed by atoms with Crippen LogP contribution in [0.15, 0.2) is 60.7 Å². The standard InChI is InChI=1S/C13H12O/c14-13(11-7-3-1-4-8-11)12-9-5-2-6-10-12/h1-10,13-14H/i14D. The van der Waals surface area contributed by atoms with Crippen LogP contribution in [0.1, 0.15) is 17.2 Å². The van der Waals surface area contributed by atoms with Crippen molar-refractivity contribution in [2.75, 3.05) is 0 Å². The van der Waals surface area contributed by atoms with Gasteiger partial charge in [0.05, 0.1) is 0 Å². The van der Waals surface area contributed by atoms with E-state index >= 15 is 0 Å². The van der Waals surface area contributed by atoms with Crippen molar-refractivity contribution in [3.8, 4) is 0 Å². The van der Waals surface area contributed by atoms with Gasteiger partial charge < -0.3 is 5.11 Å². The Morgan fingerprint density at radius 1 is 0.786 bits per heavy atom. The lowest BCUT2D eigenvalue weighted by atomic mass is 10.0. The summed E-state index contributed by atoms with van der Waals surface area (Å²) in [4.78, 5) is 0. The third kappa shape index (κ3) is 1.83. The zero-order valence-corrected chi connectivity index (χ0v) is 7.76. The van der Waals surface area contributed by atoms with Crippen molar-refractivity contribution in [1.82, 2.24) is 0 Å². The first-order chi connectivity index (χ1) is 7.42. The molecule has 0 saturated heterocycles. The minimum atomic E-state index is -0.299. The molecule has 0 unspecified atom stereocenters. The molecule has 0 amide bonds. The Bertz CT molecular complexity index is 360. The van der Waals surface area contributed by atoms with Crippen molar-refractivity contribution in [3.63, 3.8) is 0 Å². The number of aliphatic hydroxyl groups is 1. The molecule has 0 aliphatic carbocycles. The first-order valence-corrected chi connectivity index (χ1v) is 4.63. The van der Waals surface area contributed by atoms with Crippen LogP contribution in [0.2, 0.25) is 0 Å². The van der Waals surface area contributed by atoms with Gasteiger partial charge in [0.2, 0.25) is 1.43 Å². The molecule has 2 aromatic carbocycles. The molecule has 1 N–H and O–H groups in total. The summed E-state index contributed by atoms with van der Waals surface area (Å²) in [6.45, 7) is 0. The Morgan fingerprint density at radius 2 is 1.21 bits per heavy atom. The summed E-state index contributed by atoms with van der Waals surface area (Å²) >= 11 is 0. The summed E-state index contributed by atoms with van der Waals surface area (Å²) in [5.74, 6) is 0. The molecule has 0 saturated carbocycles. The second-order valence-electron chi connectivity index (χ2n) is 3.20. The summed E-state index contributed by atoms with van der Waals surface area (Å²) in [5.41, 5.74) is 2.00. The Hall–Kier alpha value is -1.60. The van der Waals surface area contributed by atoms with Crippen LogP contribution < -0.4 is 0 Å². The van der Waals surface area contributed by atoms with Crippen LogP contribution in [-0.4, -0.2) is 6.54 Å². The van der Waals surface area contributed by atoms with Gasteiger partial charge in [-0.1, -0.05) is 60.7 Å². The largest absolute Gasteiger partial charge is 0.384 e. The van der Waals surface area contributed by atoms with Gasteiger partial charge in [-0.3, -0.25) is 0 Å². The Morgan fingerprint density at radius 3 is 1.57 bits per heavy atom. The Kier molecular flexibility index (Phi) is 2.26. The fourth-order valence-electron chi connectivity index (χ4n) is 1.45. The van der Waals surface area contributed by atoms with Crippen LogP contribution in [0.4, 0.5) is 0 Å². The predicted octanol–water partition coefficient (Wildman–Crippen LogP) is 2.77. The quantitative estimate of drug-likeness (QED) is 0.779. The summed E-state index contributed by atoms with van der Waals surface area (Å²) < 4.78 is 7.13. The van der Waals surface area contributed by atoms with E-state index in [0.29, 0.717) is 0 Å². The van der Waals surface area contributed by atoms with Gasteiger partial charge in [-0.25, -0.2) is 0 Å². The van der Waals surface area contributed by atoms with E-state index in [1.54, 1.807) is 0 Å². The number of hydrogen-bond donors (Lipinski definition) is 1. The highest BCUT2D eigenvalue weighted by Crippen LogP contribution is 2.20. The first kappa shape index (κ1) is 7.77. The van der Waals surface area contributed by atoms with Crippen molar-refractivity contribution in [3.05, 3.63) is 71.8 Å². The molecule has 0 atom stereocenters. The molecule has 70 valence electrons. The van der Waals surface area contributed by atoms with Crippen molar-refractivity contribution in [1.29, 1.82) is 1.43 Å². The smallest absolute Gasteiger partial charge is 0.211 e. The van der Waals surface area contributed by atoms with Crippen molar-refractivity contribution < 1.29 is 5.11 Å². The SMILES string of the molecule is [2H]OC(c1ccccc1)c1ccccc1. The van der Waals surface area contributed by atoms with Crippen LogP contribution in [0.3, 0.4) is 0 Å². The van der Waals surface area contributed by atoms with E-state index in [9.17, 15) is 0 Å². The van der Waals surface area contributed by atoms with Crippen LogP contribution in [0.25, 0.3) is 0 Å². The van der Waals surface area contributed by atoms with Gasteiger partial charge in [-0.2, -0.15) is 0 Å². The molecule has 0 aliphatic rings. The average Bonchev–Trinajstić information content (AvgIpc) is 2.33. The lowest BCUT2D eigenvalue weighted by Crippen LogP contribution is -1.98. The number of benzene rings is 2. The van der Waals surface area contributed by atoms with E-state index in [-0.39, 0.29) is 6.10 Å². The zero-order valence-electron chi connectivity index (χ0n) is 8.76. The van der Waals surface area contributed by atoms with Crippen molar-refractivity contribution >= 4 is 0 Å². The van der Waals surface area contributed by atoms with E-state index in [4.69, 9.17) is 6.54 Å². The van der Waals surface area contributed by atoms with Crippen LogP contribution >= 0.6 is 0 Å². The molecular weight excluding hydrogens is 172 g/mol. The van der Waals surface area contributed by atoms with Gasteiger partial charge in [0.25, 0.3) is 0 Å². The summed E-state index contributed by atoms with van der Waals surface area (Å²) in [6.07, 6.45) is -0.299. The second kappa shape index (κ2) is 4.07. The molecule has 1 heteroatoms. The van der Waals surface area contributed by atoms with Crippen LogP contribution in [0, 0.1) is 0 Å². The highest BCUT2D eigenvalue weighted by molar-refractivity contribution is 5.29. The predicted molar refractivity (Wildman–Crippen MR) is 56.9 cm³/mol. The molecular formula is C13H12O. The lowest BCUT2D eigenvalue weighted by molar-refractivity contribution is 0.220. The molecule has 1 nitrogen and oxygen atoms in total. The van der Waals surface area contributed by atoms with E-state index in [2.05, 4.69) is 0 Å². The van der Waals surface area contributed by atoms with Crippen molar-refractivity contribution in [2.24, 2.45) is 0 Å². The maximum atomic E-state index is 7.13. The molecule has 0 fully saturated rings. The van der Waals surface area contributed by atoms with Gasteiger partial charge in [0, 0.05) is 0 Å². The minimum Gasteiger partial charge on any atom is -0.384 e.